The summed E-state index contributed by atoms with van der Waals surface area (Å²) in [5, 5.41) is 3.76. The fourth-order valence-electron chi connectivity index (χ4n) is 3.13. The molecular weight excluding hydrogens is 382 g/mol. The number of carbonyl (C=O) groups excluding carboxylic acids is 2. The number of nitrogens with zero attached hydrogens (tertiary/aromatic N) is 2. The maximum atomic E-state index is 12.8. The molecule has 29 heavy (non-hydrogen) atoms. The molecule has 1 aliphatic rings. The number of likely N-dealkylation sites (N-methyl/N-ethyl adjacent to an activating group) is 1. The van der Waals surface area contributed by atoms with Crippen LogP contribution in [0.2, 0.25) is 0 Å². The minimum atomic E-state index is -0.227. The number of ketones is 2. The third kappa shape index (κ3) is 4.04. The lowest BCUT2D eigenvalue weighted by atomic mass is 10.0. The largest absolute Gasteiger partial charge is 0.380 e. The minimum absolute atomic E-state index is 0.164. The van der Waals surface area contributed by atoms with E-state index in [-0.39, 0.29) is 17.3 Å². The van der Waals surface area contributed by atoms with Crippen molar-refractivity contribution >= 4 is 22.9 Å². The second kappa shape index (κ2) is 8.11. The van der Waals surface area contributed by atoms with E-state index in [9.17, 15) is 9.59 Å². The highest BCUT2D eigenvalue weighted by Crippen LogP contribution is 2.33. The number of hydrogen-bond acceptors (Lipinski definition) is 6. The second-order valence-corrected chi connectivity index (χ2v) is 8.12. The van der Waals surface area contributed by atoms with Gasteiger partial charge in [0.15, 0.2) is 0 Å². The number of fused-ring (bicyclic) bond motifs is 1. The first-order valence-corrected chi connectivity index (χ1v) is 10.2. The van der Waals surface area contributed by atoms with Crippen LogP contribution in [-0.4, -0.2) is 48.6 Å². The van der Waals surface area contributed by atoms with E-state index in [0.29, 0.717) is 22.1 Å². The maximum Gasteiger partial charge on any atom is 0.221 e. The van der Waals surface area contributed by atoms with Crippen molar-refractivity contribution in [3.63, 3.8) is 0 Å². The van der Waals surface area contributed by atoms with Crippen molar-refractivity contribution in [3.8, 4) is 21.7 Å². The summed E-state index contributed by atoms with van der Waals surface area (Å²) < 4.78 is 0. The van der Waals surface area contributed by atoms with Gasteiger partial charge in [-0.05, 0) is 25.2 Å². The number of thiazole rings is 1. The Bertz CT molecular complexity index is 1080. The van der Waals surface area contributed by atoms with Gasteiger partial charge in [-0.3, -0.25) is 9.59 Å². The first-order valence-electron chi connectivity index (χ1n) is 9.39. The summed E-state index contributed by atoms with van der Waals surface area (Å²) in [5.74, 6) is -0.390. The van der Waals surface area contributed by atoms with Gasteiger partial charge in [0.1, 0.15) is 15.6 Å². The van der Waals surface area contributed by atoms with Gasteiger partial charge in [0.05, 0.1) is 5.70 Å². The monoisotopic (exact) mass is 403 g/mol. The highest BCUT2D eigenvalue weighted by molar-refractivity contribution is 7.17. The zero-order chi connectivity index (χ0) is 20.4. The lowest BCUT2D eigenvalue weighted by molar-refractivity contribution is 0.0978. The Morgan fingerprint density at radius 1 is 0.931 bits per heavy atom. The molecule has 1 N–H and O–H groups in total. The molecule has 146 valence electrons. The lowest BCUT2D eigenvalue weighted by Gasteiger charge is -2.15. The van der Waals surface area contributed by atoms with Crippen LogP contribution in [-0.2, 0) is 0 Å². The third-order valence-electron chi connectivity index (χ3n) is 4.70. The van der Waals surface area contributed by atoms with Crippen molar-refractivity contribution in [2.24, 2.45) is 0 Å². The number of nitrogens with one attached hydrogen (secondary N) is 1. The molecule has 0 spiro atoms. The van der Waals surface area contributed by atoms with Gasteiger partial charge >= 0.3 is 0 Å². The van der Waals surface area contributed by atoms with E-state index in [1.54, 1.807) is 0 Å². The molecule has 2 aromatic carbocycles. The minimum Gasteiger partial charge on any atom is -0.380 e. The summed E-state index contributed by atoms with van der Waals surface area (Å²) in [5.41, 5.74) is 3.74. The average molecular weight is 404 g/mol. The first kappa shape index (κ1) is 19.2. The van der Waals surface area contributed by atoms with Crippen molar-refractivity contribution in [1.82, 2.24) is 15.2 Å². The molecule has 0 radical (unpaired) electrons. The topological polar surface area (TPSA) is 62.3 Å². The van der Waals surface area contributed by atoms with Gasteiger partial charge in [-0.25, -0.2) is 4.98 Å². The highest BCUT2D eigenvalue weighted by atomic mass is 32.1. The number of carbonyl (C=O) groups is 2. The number of allylic oxidation sites excluding steroid dienone is 2. The number of aromatic nitrogens is 1. The summed E-state index contributed by atoms with van der Waals surface area (Å²) in [6, 6.07) is 18.1. The van der Waals surface area contributed by atoms with Crippen LogP contribution in [0.1, 0.15) is 20.2 Å². The summed E-state index contributed by atoms with van der Waals surface area (Å²) in [6.45, 7) is 1.37. The molecular formula is C23H21N3O2S. The predicted molar refractivity (Wildman–Crippen MR) is 116 cm³/mol. The van der Waals surface area contributed by atoms with E-state index in [4.69, 9.17) is 0 Å². The molecule has 0 atom stereocenters. The Kier molecular flexibility index (Phi) is 5.38. The SMILES string of the molecule is CN(C)CCNC1=CC(=O)c2nc(-c3ccc(-c4ccccc4)cc3)sc2C1=O. The van der Waals surface area contributed by atoms with E-state index < -0.39 is 0 Å². The van der Waals surface area contributed by atoms with Gasteiger partial charge in [-0.2, -0.15) is 0 Å². The molecule has 0 saturated heterocycles. The van der Waals surface area contributed by atoms with Crippen molar-refractivity contribution < 1.29 is 9.59 Å². The van der Waals surface area contributed by atoms with Gasteiger partial charge in [0.25, 0.3) is 0 Å². The van der Waals surface area contributed by atoms with Crippen molar-refractivity contribution in [3.05, 3.63) is 76.9 Å². The molecule has 0 bridgehead atoms. The molecule has 5 nitrogen and oxygen atoms in total. The first-order chi connectivity index (χ1) is 14.0. The van der Waals surface area contributed by atoms with Crippen LogP contribution in [0.3, 0.4) is 0 Å². The van der Waals surface area contributed by atoms with Crippen LogP contribution in [0.15, 0.2) is 66.4 Å². The summed E-state index contributed by atoms with van der Waals surface area (Å²) >= 11 is 1.27. The van der Waals surface area contributed by atoms with Gasteiger partial charge in [-0.15, -0.1) is 11.3 Å². The van der Waals surface area contributed by atoms with E-state index in [0.717, 1.165) is 23.2 Å². The Labute approximate surface area is 173 Å². The van der Waals surface area contributed by atoms with Crippen molar-refractivity contribution in [2.75, 3.05) is 27.2 Å². The van der Waals surface area contributed by atoms with Crippen LogP contribution in [0, 0.1) is 0 Å². The van der Waals surface area contributed by atoms with Crippen LogP contribution in [0.4, 0.5) is 0 Å². The molecule has 6 heteroatoms. The van der Waals surface area contributed by atoms with Crippen LogP contribution >= 0.6 is 11.3 Å². The van der Waals surface area contributed by atoms with Crippen molar-refractivity contribution in [2.45, 2.75) is 0 Å². The van der Waals surface area contributed by atoms with Gasteiger partial charge in [0.2, 0.25) is 11.6 Å². The average Bonchev–Trinajstić information content (AvgIpc) is 3.19. The van der Waals surface area contributed by atoms with Crippen LogP contribution in [0.25, 0.3) is 21.7 Å². The van der Waals surface area contributed by atoms with E-state index in [2.05, 4.69) is 22.4 Å². The third-order valence-corrected chi connectivity index (χ3v) is 5.80. The zero-order valence-electron chi connectivity index (χ0n) is 16.3. The normalized spacial score (nSPS) is 13.4. The maximum absolute atomic E-state index is 12.8. The summed E-state index contributed by atoms with van der Waals surface area (Å²) in [7, 11) is 3.92. The molecule has 0 aliphatic heterocycles. The predicted octanol–water partition coefficient (Wildman–Crippen LogP) is 3.89. The summed E-state index contributed by atoms with van der Waals surface area (Å²) in [6.07, 6.45) is 1.36. The fraction of sp³-hybridized carbons (Fsp3) is 0.174. The molecule has 1 aromatic heterocycles. The Morgan fingerprint density at radius 2 is 1.59 bits per heavy atom. The zero-order valence-corrected chi connectivity index (χ0v) is 17.1. The molecule has 1 heterocycles. The number of rotatable bonds is 6. The smallest absolute Gasteiger partial charge is 0.221 e. The standard InChI is InChI=1S/C23H21N3O2S/c1-26(2)13-12-24-18-14-19(27)20-22(21(18)28)29-23(25-20)17-10-8-16(9-11-17)15-6-4-3-5-7-15/h3-11,14,24H,12-13H2,1-2H3. The van der Waals surface area contributed by atoms with E-state index in [1.807, 2.05) is 61.5 Å². The molecule has 0 unspecified atom stereocenters. The molecule has 3 aromatic rings. The number of hydrogen-bond donors (Lipinski definition) is 1. The Balaban J connectivity index is 1.56. The molecule has 4 rings (SSSR count). The Morgan fingerprint density at radius 3 is 2.28 bits per heavy atom. The fourth-order valence-corrected chi connectivity index (χ4v) is 4.16. The van der Waals surface area contributed by atoms with Gasteiger partial charge < -0.3 is 10.2 Å². The summed E-state index contributed by atoms with van der Waals surface area (Å²) in [4.78, 5) is 32.2. The number of Topliss-reactive ketones (excluding diaryl/α,β-unsaturated/α-hetero) is 1. The van der Waals surface area contributed by atoms with Crippen LogP contribution < -0.4 is 5.32 Å². The van der Waals surface area contributed by atoms with Gasteiger partial charge in [-0.1, -0.05) is 54.6 Å². The van der Waals surface area contributed by atoms with Gasteiger partial charge in [0, 0.05) is 24.7 Å². The lowest BCUT2D eigenvalue weighted by Crippen LogP contribution is -2.31. The highest BCUT2D eigenvalue weighted by Gasteiger charge is 2.30. The van der Waals surface area contributed by atoms with E-state index >= 15 is 0 Å². The number of benzene rings is 2. The molecule has 0 amide bonds. The molecule has 1 aliphatic carbocycles. The van der Waals surface area contributed by atoms with Crippen LogP contribution in [0.5, 0.6) is 0 Å². The Hall–Kier alpha value is -3.09. The van der Waals surface area contributed by atoms with Crippen molar-refractivity contribution in [1.29, 1.82) is 0 Å². The quantitative estimate of drug-likeness (QED) is 0.677. The van der Waals surface area contributed by atoms with E-state index in [1.165, 1.54) is 17.4 Å². The molecule has 0 fully saturated rings. The second-order valence-electron chi connectivity index (χ2n) is 7.12. The molecule has 0 saturated carbocycles.